The van der Waals surface area contributed by atoms with E-state index in [9.17, 15) is 19.2 Å². The van der Waals surface area contributed by atoms with E-state index >= 15 is 4.57 Å². The molecule has 262 valence electrons. The molecule has 12 heteroatoms. The van der Waals surface area contributed by atoms with Crippen LogP contribution in [0.4, 0.5) is 0 Å². The minimum atomic E-state index is -3.75. The fourth-order valence-electron chi connectivity index (χ4n) is 5.13. The first kappa shape index (κ1) is 38.1. The largest absolute Gasteiger partial charge is 0.460 e. The number of hydrogen-bond donors (Lipinski definition) is 3. The number of nitrogens with zero attached hydrogens (tertiary/aromatic N) is 1. The number of esters is 2. The molecule has 0 aromatic heterocycles. The lowest BCUT2D eigenvalue weighted by atomic mass is 10.1. The Morgan fingerprint density at radius 2 is 1.14 bits per heavy atom. The second-order valence-corrected chi connectivity index (χ2v) is 14.9. The number of carbonyl (C=O) groups is 4. The highest BCUT2D eigenvalue weighted by molar-refractivity contribution is 7.80. The number of carbonyl (C=O) groups excluding carboxylic acids is 4. The van der Waals surface area contributed by atoms with E-state index in [1.54, 1.807) is 60.7 Å². The number of benzene rings is 4. The van der Waals surface area contributed by atoms with Crippen LogP contribution in [0.15, 0.2) is 121 Å². The lowest BCUT2D eigenvalue weighted by molar-refractivity contribution is -0.148. The Hall–Kier alpha value is -4.70. The molecule has 0 spiro atoms. The van der Waals surface area contributed by atoms with E-state index in [-0.39, 0.29) is 44.1 Å². The number of hydrogen-bond acceptors (Lipinski definition) is 9. The number of amides is 2. The van der Waals surface area contributed by atoms with Gasteiger partial charge >= 0.3 is 11.9 Å². The first-order valence-electron chi connectivity index (χ1n) is 16.2. The summed E-state index contributed by atoms with van der Waals surface area (Å²) in [7, 11) is -3.75. The summed E-state index contributed by atoms with van der Waals surface area (Å²) in [5.41, 5.74) is 8.96. The van der Waals surface area contributed by atoms with Crippen molar-refractivity contribution in [2.45, 2.75) is 50.5 Å². The Morgan fingerprint density at radius 3 is 1.60 bits per heavy atom. The van der Waals surface area contributed by atoms with E-state index in [4.69, 9.17) is 15.2 Å². The SMILES string of the molecule is NC(CCC(=O)NC(CS)C(=O)N(CC(=O)OCc1ccccc1)P(=O)(Cc1ccccc1)Cc1ccccc1)C(=O)OCc1ccccc1. The molecule has 2 unspecified atom stereocenters. The van der Waals surface area contributed by atoms with Gasteiger partial charge in [-0.25, -0.2) is 0 Å². The third-order valence-electron chi connectivity index (χ3n) is 7.79. The summed E-state index contributed by atoms with van der Waals surface area (Å²) in [5, 5.41) is 2.64. The van der Waals surface area contributed by atoms with Gasteiger partial charge in [0.15, 0.2) is 7.29 Å². The smallest absolute Gasteiger partial charge is 0.326 e. The van der Waals surface area contributed by atoms with Crippen LogP contribution >= 0.6 is 19.9 Å². The van der Waals surface area contributed by atoms with E-state index in [0.717, 1.165) is 15.8 Å². The maximum absolute atomic E-state index is 15.2. The van der Waals surface area contributed by atoms with Gasteiger partial charge in [-0.05, 0) is 28.7 Å². The molecule has 0 aliphatic carbocycles. The van der Waals surface area contributed by atoms with Crippen LogP contribution in [0.2, 0.25) is 0 Å². The van der Waals surface area contributed by atoms with Crippen molar-refractivity contribution in [1.29, 1.82) is 0 Å². The Balaban J connectivity index is 1.51. The van der Waals surface area contributed by atoms with Gasteiger partial charge in [0.05, 0.1) is 0 Å². The van der Waals surface area contributed by atoms with Crippen LogP contribution in [0, 0.1) is 0 Å². The lowest BCUT2D eigenvalue weighted by Crippen LogP contribution is -2.50. The van der Waals surface area contributed by atoms with Gasteiger partial charge < -0.3 is 20.5 Å². The van der Waals surface area contributed by atoms with Gasteiger partial charge in [0.1, 0.15) is 31.8 Å². The molecule has 3 N–H and O–H groups in total. The molecule has 0 fully saturated rings. The summed E-state index contributed by atoms with van der Waals surface area (Å²) in [6.07, 6.45) is -0.270. The molecule has 0 radical (unpaired) electrons. The van der Waals surface area contributed by atoms with Crippen molar-refractivity contribution >= 4 is 43.7 Å². The predicted octanol–water partition coefficient (Wildman–Crippen LogP) is 5.50. The molecule has 0 saturated carbocycles. The maximum Gasteiger partial charge on any atom is 0.326 e. The fraction of sp³-hybridized carbons (Fsp3) is 0.263. The van der Waals surface area contributed by atoms with Gasteiger partial charge in [-0.2, -0.15) is 12.6 Å². The van der Waals surface area contributed by atoms with Crippen molar-refractivity contribution in [3.63, 3.8) is 0 Å². The lowest BCUT2D eigenvalue weighted by Gasteiger charge is -2.34. The molecular weight excluding hydrogens is 673 g/mol. The quantitative estimate of drug-likeness (QED) is 0.0696. The standard InChI is InChI=1S/C38H42N3O7PS/c39-33(38(45)48-25-30-15-7-2-8-16-30)21-22-35(42)40-34(28-50)37(44)41(23-36(43)47-24-29-13-5-1-6-14-29)49(46,26-31-17-9-3-10-18-31)27-32-19-11-4-12-20-32/h1-20,33-34,50H,21-28,39H2,(H,40,42). The maximum atomic E-state index is 15.2. The van der Waals surface area contributed by atoms with Gasteiger partial charge in [-0.1, -0.05) is 121 Å². The third kappa shape index (κ3) is 12.0. The van der Waals surface area contributed by atoms with Crippen LogP contribution in [0.25, 0.3) is 0 Å². The van der Waals surface area contributed by atoms with E-state index in [2.05, 4.69) is 17.9 Å². The minimum Gasteiger partial charge on any atom is -0.460 e. The Bertz CT molecular complexity index is 1690. The molecule has 4 rings (SSSR count). The summed E-state index contributed by atoms with van der Waals surface area (Å²) in [4.78, 5) is 53.1. The average molecular weight is 716 g/mol. The molecule has 2 amide bonds. The Morgan fingerprint density at radius 1 is 0.700 bits per heavy atom. The van der Waals surface area contributed by atoms with E-state index in [0.29, 0.717) is 11.1 Å². The molecule has 0 heterocycles. The Kier molecular flexibility index (Phi) is 14.8. The van der Waals surface area contributed by atoms with Crippen molar-refractivity contribution in [1.82, 2.24) is 9.99 Å². The Labute approximate surface area is 298 Å². The highest BCUT2D eigenvalue weighted by Crippen LogP contribution is 2.56. The molecule has 4 aromatic carbocycles. The fourth-order valence-corrected chi connectivity index (χ4v) is 8.26. The molecule has 10 nitrogen and oxygen atoms in total. The van der Waals surface area contributed by atoms with Crippen molar-refractivity contribution in [3.8, 4) is 0 Å². The van der Waals surface area contributed by atoms with Gasteiger partial charge in [0.25, 0.3) is 5.91 Å². The first-order chi connectivity index (χ1) is 24.2. The molecule has 50 heavy (non-hydrogen) atoms. The van der Waals surface area contributed by atoms with Gasteiger partial charge in [0.2, 0.25) is 5.91 Å². The summed E-state index contributed by atoms with van der Waals surface area (Å²) >= 11 is 4.33. The van der Waals surface area contributed by atoms with Crippen molar-refractivity contribution < 1.29 is 33.2 Å². The van der Waals surface area contributed by atoms with Crippen LogP contribution in [-0.2, 0) is 58.8 Å². The highest BCUT2D eigenvalue weighted by Gasteiger charge is 2.40. The summed E-state index contributed by atoms with van der Waals surface area (Å²) in [6, 6.07) is 34.0. The van der Waals surface area contributed by atoms with Crippen LogP contribution < -0.4 is 11.1 Å². The van der Waals surface area contributed by atoms with Crippen LogP contribution in [0.3, 0.4) is 0 Å². The van der Waals surface area contributed by atoms with Crippen LogP contribution in [0.5, 0.6) is 0 Å². The third-order valence-corrected chi connectivity index (χ3v) is 11.1. The number of thiol groups is 1. The molecule has 0 aliphatic heterocycles. The topological polar surface area (TPSA) is 145 Å². The minimum absolute atomic E-state index is 0.0202. The molecular formula is C38H42N3O7PS. The number of nitrogens with two attached hydrogens (primary N) is 1. The molecule has 0 saturated heterocycles. The zero-order valence-electron chi connectivity index (χ0n) is 27.6. The molecule has 0 aliphatic rings. The van der Waals surface area contributed by atoms with Gasteiger partial charge in [-0.3, -0.25) is 28.4 Å². The number of nitrogens with one attached hydrogen (secondary N) is 1. The first-order valence-corrected chi connectivity index (χ1v) is 18.9. The zero-order valence-corrected chi connectivity index (χ0v) is 29.4. The van der Waals surface area contributed by atoms with Crippen LogP contribution in [-0.4, -0.2) is 52.8 Å². The van der Waals surface area contributed by atoms with Gasteiger partial charge in [-0.15, -0.1) is 0 Å². The van der Waals surface area contributed by atoms with Gasteiger partial charge in [0, 0.05) is 24.5 Å². The van der Waals surface area contributed by atoms with Crippen molar-refractivity contribution in [2.75, 3.05) is 12.3 Å². The number of rotatable bonds is 18. The second-order valence-electron chi connectivity index (χ2n) is 11.7. The second kappa shape index (κ2) is 19.5. The summed E-state index contributed by atoms with van der Waals surface area (Å²) in [5.74, 6) is -2.88. The van der Waals surface area contributed by atoms with Crippen molar-refractivity contribution in [2.24, 2.45) is 5.73 Å². The molecule has 4 aromatic rings. The van der Waals surface area contributed by atoms with E-state index in [1.807, 2.05) is 60.7 Å². The monoisotopic (exact) mass is 715 g/mol. The van der Waals surface area contributed by atoms with Crippen LogP contribution in [0.1, 0.15) is 35.1 Å². The normalized spacial score (nSPS) is 12.3. The average Bonchev–Trinajstić information content (AvgIpc) is 3.14. The highest BCUT2D eigenvalue weighted by atomic mass is 32.1. The number of ether oxygens (including phenoxy) is 2. The predicted molar refractivity (Wildman–Crippen MR) is 195 cm³/mol. The zero-order chi connectivity index (χ0) is 35.8. The molecule has 0 bridgehead atoms. The summed E-state index contributed by atoms with van der Waals surface area (Å²) < 4.78 is 27.0. The van der Waals surface area contributed by atoms with E-state index < -0.39 is 49.7 Å². The van der Waals surface area contributed by atoms with E-state index in [1.165, 1.54) is 0 Å². The van der Waals surface area contributed by atoms with Crippen molar-refractivity contribution in [3.05, 3.63) is 144 Å². The molecule has 2 atom stereocenters. The summed E-state index contributed by atoms with van der Waals surface area (Å²) in [6.45, 7) is -0.601.